The van der Waals surface area contributed by atoms with E-state index >= 15 is 0 Å². The monoisotopic (exact) mass is 238 g/mol. The van der Waals surface area contributed by atoms with Crippen molar-refractivity contribution in [1.29, 1.82) is 5.26 Å². The molecule has 0 N–H and O–H groups in total. The van der Waals surface area contributed by atoms with Gasteiger partial charge in [-0.15, -0.1) is 0 Å². The van der Waals surface area contributed by atoms with E-state index in [0.717, 1.165) is 19.4 Å². The zero-order valence-electron chi connectivity index (χ0n) is 8.79. The lowest BCUT2D eigenvalue weighted by Crippen LogP contribution is -2.27. The molecule has 0 saturated carbocycles. The lowest BCUT2D eigenvalue weighted by Gasteiger charge is -2.19. The molecule has 1 aliphatic rings. The van der Waals surface area contributed by atoms with Gasteiger partial charge < -0.3 is 0 Å². The Morgan fingerprint density at radius 3 is 3.12 bits per heavy atom. The fraction of sp³-hybridized carbons (Fsp3) is 0.417. The molecule has 0 bridgehead atoms. The fourth-order valence-corrected chi connectivity index (χ4v) is 2.25. The molecule has 1 unspecified atom stereocenters. The van der Waals surface area contributed by atoms with E-state index < -0.39 is 0 Å². The van der Waals surface area contributed by atoms with Crippen LogP contribution in [0.1, 0.15) is 18.4 Å². The Labute approximate surface area is 99.2 Å². The van der Waals surface area contributed by atoms with Crippen molar-refractivity contribution in [3.05, 3.63) is 34.6 Å². The molecule has 0 radical (unpaired) electrons. The molecule has 4 heteroatoms. The number of likely N-dealkylation sites (tertiary alicyclic amines) is 1. The van der Waals surface area contributed by atoms with Crippen LogP contribution >= 0.6 is 11.6 Å². The highest BCUT2D eigenvalue weighted by atomic mass is 35.5. The maximum absolute atomic E-state index is 13.6. The Morgan fingerprint density at radius 2 is 2.38 bits per heavy atom. The van der Waals surface area contributed by atoms with Crippen LogP contribution in [-0.2, 0) is 6.54 Å². The van der Waals surface area contributed by atoms with E-state index in [-0.39, 0.29) is 16.9 Å². The predicted octanol–water partition coefficient (Wildman–Crippen LogP) is 2.97. The van der Waals surface area contributed by atoms with E-state index in [0.29, 0.717) is 12.1 Å². The summed E-state index contributed by atoms with van der Waals surface area (Å²) in [5.41, 5.74) is 0.564. The zero-order chi connectivity index (χ0) is 11.5. The molecule has 1 heterocycles. The van der Waals surface area contributed by atoms with Gasteiger partial charge in [-0.1, -0.05) is 23.7 Å². The van der Waals surface area contributed by atoms with Crippen molar-refractivity contribution in [2.24, 2.45) is 0 Å². The molecule has 84 valence electrons. The Morgan fingerprint density at radius 1 is 1.56 bits per heavy atom. The SMILES string of the molecule is N#CC1CCCN1Cc1cccc(Cl)c1F. The number of hydrogen-bond donors (Lipinski definition) is 0. The third-order valence-electron chi connectivity index (χ3n) is 2.92. The van der Waals surface area contributed by atoms with Gasteiger partial charge in [0.15, 0.2) is 0 Å². The average Bonchev–Trinajstić information content (AvgIpc) is 2.72. The van der Waals surface area contributed by atoms with Gasteiger partial charge in [-0.3, -0.25) is 4.90 Å². The first-order valence-electron chi connectivity index (χ1n) is 5.29. The number of benzene rings is 1. The maximum atomic E-state index is 13.6. The van der Waals surface area contributed by atoms with Crippen LogP contribution in [0.15, 0.2) is 18.2 Å². The predicted molar refractivity (Wildman–Crippen MR) is 60.5 cm³/mol. The van der Waals surface area contributed by atoms with E-state index in [9.17, 15) is 4.39 Å². The van der Waals surface area contributed by atoms with Crippen LogP contribution < -0.4 is 0 Å². The lowest BCUT2D eigenvalue weighted by atomic mass is 10.2. The molecule has 0 aliphatic carbocycles. The third kappa shape index (κ3) is 2.18. The molecule has 0 amide bonds. The van der Waals surface area contributed by atoms with E-state index in [1.165, 1.54) is 6.07 Å². The summed E-state index contributed by atoms with van der Waals surface area (Å²) in [5.74, 6) is -0.368. The number of halogens is 2. The Hall–Kier alpha value is -1.11. The Kier molecular flexibility index (Phi) is 3.42. The zero-order valence-corrected chi connectivity index (χ0v) is 9.54. The molecular weight excluding hydrogens is 227 g/mol. The van der Waals surface area contributed by atoms with Crippen molar-refractivity contribution in [3.63, 3.8) is 0 Å². The van der Waals surface area contributed by atoms with Gasteiger partial charge in [0.25, 0.3) is 0 Å². The van der Waals surface area contributed by atoms with Crippen LogP contribution in [0.3, 0.4) is 0 Å². The quantitative estimate of drug-likeness (QED) is 0.792. The van der Waals surface area contributed by atoms with Crippen molar-refractivity contribution in [2.75, 3.05) is 6.54 Å². The number of hydrogen-bond acceptors (Lipinski definition) is 2. The van der Waals surface area contributed by atoms with Crippen LogP contribution in [-0.4, -0.2) is 17.5 Å². The van der Waals surface area contributed by atoms with Crippen molar-refractivity contribution >= 4 is 11.6 Å². The van der Waals surface area contributed by atoms with Gasteiger partial charge in [0.2, 0.25) is 0 Å². The summed E-state index contributed by atoms with van der Waals surface area (Å²) < 4.78 is 13.6. The second kappa shape index (κ2) is 4.82. The summed E-state index contributed by atoms with van der Waals surface area (Å²) in [6.45, 7) is 1.31. The van der Waals surface area contributed by atoms with Gasteiger partial charge in [-0.05, 0) is 25.5 Å². The first kappa shape index (κ1) is 11.4. The molecule has 1 atom stereocenters. The topological polar surface area (TPSA) is 27.0 Å². The molecule has 0 spiro atoms. The summed E-state index contributed by atoms with van der Waals surface area (Å²) in [5, 5.41) is 9.07. The van der Waals surface area contributed by atoms with Crippen molar-refractivity contribution in [3.8, 4) is 6.07 Å². The summed E-state index contributed by atoms with van der Waals surface area (Å²) >= 11 is 5.71. The highest BCUT2D eigenvalue weighted by Gasteiger charge is 2.24. The summed E-state index contributed by atoms with van der Waals surface area (Å²) in [7, 11) is 0. The summed E-state index contributed by atoms with van der Waals surface area (Å²) in [6, 6.07) is 7.14. The first-order chi connectivity index (χ1) is 7.72. The van der Waals surface area contributed by atoms with E-state index in [1.807, 2.05) is 4.90 Å². The minimum atomic E-state index is -0.368. The standard InChI is InChI=1S/C12H12ClFN2/c13-11-5-1-3-9(12(11)14)8-16-6-2-4-10(16)7-15/h1,3,5,10H,2,4,6,8H2. The second-order valence-corrected chi connectivity index (χ2v) is 4.38. The van der Waals surface area contributed by atoms with Gasteiger partial charge in [0.05, 0.1) is 17.1 Å². The van der Waals surface area contributed by atoms with Crippen LogP contribution in [0.25, 0.3) is 0 Å². The summed E-state index contributed by atoms with van der Waals surface area (Å²) in [4.78, 5) is 1.99. The minimum absolute atomic E-state index is 0.0848. The smallest absolute Gasteiger partial charge is 0.146 e. The molecule has 1 aromatic carbocycles. The highest BCUT2D eigenvalue weighted by molar-refractivity contribution is 6.30. The van der Waals surface area contributed by atoms with Crippen molar-refractivity contribution < 1.29 is 4.39 Å². The molecule has 0 aromatic heterocycles. The van der Waals surface area contributed by atoms with Crippen LogP contribution in [0.5, 0.6) is 0 Å². The fourth-order valence-electron chi connectivity index (χ4n) is 2.05. The van der Waals surface area contributed by atoms with Crippen molar-refractivity contribution in [2.45, 2.75) is 25.4 Å². The highest BCUT2D eigenvalue weighted by Crippen LogP contribution is 2.23. The molecule has 2 nitrogen and oxygen atoms in total. The van der Waals surface area contributed by atoms with Gasteiger partial charge in [-0.2, -0.15) is 5.26 Å². The molecule has 1 aromatic rings. The normalized spacial score (nSPS) is 20.9. The molecule has 1 fully saturated rings. The largest absolute Gasteiger partial charge is 0.284 e. The van der Waals surface area contributed by atoms with Gasteiger partial charge >= 0.3 is 0 Å². The van der Waals surface area contributed by atoms with E-state index in [4.69, 9.17) is 16.9 Å². The Balaban J connectivity index is 2.15. The van der Waals surface area contributed by atoms with Gasteiger partial charge in [0, 0.05) is 12.1 Å². The molecule has 1 aliphatic heterocycles. The third-order valence-corrected chi connectivity index (χ3v) is 3.21. The number of nitriles is 1. The minimum Gasteiger partial charge on any atom is -0.284 e. The second-order valence-electron chi connectivity index (χ2n) is 3.97. The number of rotatable bonds is 2. The first-order valence-corrected chi connectivity index (χ1v) is 5.66. The molecule has 16 heavy (non-hydrogen) atoms. The average molecular weight is 239 g/mol. The van der Waals surface area contributed by atoms with E-state index in [1.54, 1.807) is 12.1 Å². The number of nitrogens with zero attached hydrogens (tertiary/aromatic N) is 2. The lowest BCUT2D eigenvalue weighted by molar-refractivity contribution is 0.282. The van der Waals surface area contributed by atoms with Gasteiger partial charge in [0.1, 0.15) is 5.82 Å². The summed E-state index contributed by atoms with van der Waals surface area (Å²) in [6.07, 6.45) is 1.87. The van der Waals surface area contributed by atoms with Crippen LogP contribution in [0, 0.1) is 17.1 Å². The maximum Gasteiger partial charge on any atom is 0.146 e. The van der Waals surface area contributed by atoms with Gasteiger partial charge in [-0.25, -0.2) is 4.39 Å². The van der Waals surface area contributed by atoms with Crippen LogP contribution in [0.2, 0.25) is 5.02 Å². The molecule has 1 saturated heterocycles. The Bertz CT molecular complexity index is 428. The van der Waals surface area contributed by atoms with E-state index in [2.05, 4.69) is 6.07 Å². The van der Waals surface area contributed by atoms with Crippen LogP contribution in [0.4, 0.5) is 4.39 Å². The molecular formula is C12H12ClFN2. The molecule has 2 rings (SSSR count). The van der Waals surface area contributed by atoms with Crippen molar-refractivity contribution in [1.82, 2.24) is 4.90 Å².